The summed E-state index contributed by atoms with van der Waals surface area (Å²) in [4.78, 5) is 28.0. The van der Waals surface area contributed by atoms with Crippen molar-refractivity contribution in [3.05, 3.63) is 70.3 Å². The van der Waals surface area contributed by atoms with Crippen molar-refractivity contribution in [2.45, 2.75) is 13.0 Å². The molecule has 0 radical (unpaired) electrons. The number of para-hydroxylation sites is 1. The lowest BCUT2D eigenvalue weighted by atomic mass is 10.2. The average molecular weight is 336 g/mol. The number of aromatic hydroxyl groups is 1. The van der Waals surface area contributed by atoms with Gasteiger partial charge in [-0.25, -0.2) is 4.98 Å². The van der Waals surface area contributed by atoms with Crippen molar-refractivity contribution in [1.82, 2.24) is 9.55 Å². The molecule has 2 N–H and O–H groups in total. The van der Waals surface area contributed by atoms with Crippen molar-refractivity contribution in [3.8, 4) is 5.75 Å². The van der Waals surface area contributed by atoms with E-state index < -0.39 is 5.97 Å². The van der Waals surface area contributed by atoms with Gasteiger partial charge < -0.3 is 10.2 Å². The van der Waals surface area contributed by atoms with Gasteiger partial charge in [0.25, 0.3) is 5.56 Å². The Labute approximate surface area is 143 Å². The van der Waals surface area contributed by atoms with Crippen molar-refractivity contribution in [3.63, 3.8) is 0 Å². The molecule has 25 heavy (non-hydrogen) atoms. The number of hydrogen-bond acceptors (Lipinski definition) is 4. The lowest BCUT2D eigenvalue weighted by molar-refractivity contribution is -0.137. The summed E-state index contributed by atoms with van der Waals surface area (Å²) in [5, 5.41) is 18.9. The second kappa shape index (κ2) is 7.00. The maximum atomic E-state index is 12.7. The molecule has 0 aliphatic heterocycles. The van der Waals surface area contributed by atoms with Gasteiger partial charge in [-0.05, 0) is 35.9 Å². The molecule has 2 aromatic carbocycles. The largest absolute Gasteiger partial charge is 0.508 e. The predicted octanol–water partition coefficient (Wildman–Crippen LogP) is 2.75. The fourth-order valence-corrected chi connectivity index (χ4v) is 2.54. The number of carboxylic acid groups (broad SMARTS) is 1. The van der Waals surface area contributed by atoms with Crippen LogP contribution in [0.1, 0.15) is 17.8 Å². The summed E-state index contributed by atoms with van der Waals surface area (Å²) in [7, 11) is 0. The first-order chi connectivity index (χ1) is 12.0. The van der Waals surface area contributed by atoms with Crippen LogP contribution in [0.5, 0.6) is 5.75 Å². The van der Waals surface area contributed by atoms with Crippen molar-refractivity contribution >= 4 is 29.0 Å². The van der Waals surface area contributed by atoms with Gasteiger partial charge in [0.1, 0.15) is 11.6 Å². The Morgan fingerprint density at radius 2 is 1.92 bits per heavy atom. The molecule has 0 amide bonds. The number of carbonyl (C=O) groups is 1. The van der Waals surface area contributed by atoms with Crippen molar-refractivity contribution in [2.75, 3.05) is 0 Å². The number of hydrogen-bond donors (Lipinski definition) is 2. The molecule has 0 bridgehead atoms. The van der Waals surface area contributed by atoms with E-state index in [9.17, 15) is 14.7 Å². The standard InChI is InChI=1S/C19H16N2O4/c22-14-5-3-4-13(12-14)8-9-17-20-16-7-2-1-6-15(16)19(25)21(17)11-10-18(23)24/h1-9,12,22H,10-11H2,(H,23,24)/b9-8-. The number of fused-ring (bicyclic) bond motifs is 1. The minimum Gasteiger partial charge on any atom is -0.508 e. The topological polar surface area (TPSA) is 92.4 Å². The molecule has 0 fully saturated rings. The van der Waals surface area contributed by atoms with Crippen LogP contribution in [0.15, 0.2) is 53.3 Å². The lowest BCUT2D eigenvalue weighted by Crippen LogP contribution is -2.25. The first-order valence-electron chi connectivity index (χ1n) is 7.73. The van der Waals surface area contributed by atoms with Gasteiger partial charge in [-0.15, -0.1) is 0 Å². The van der Waals surface area contributed by atoms with E-state index in [4.69, 9.17) is 5.11 Å². The smallest absolute Gasteiger partial charge is 0.305 e. The number of benzene rings is 2. The Morgan fingerprint density at radius 1 is 1.12 bits per heavy atom. The molecule has 6 nitrogen and oxygen atoms in total. The molecule has 0 aliphatic carbocycles. The van der Waals surface area contributed by atoms with Crippen molar-refractivity contribution < 1.29 is 15.0 Å². The van der Waals surface area contributed by atoms with E-state index in [2.05, 4.69) is 4.98 Å². The molecule has 1 heterocycles. The van der Waals surface area contributed by atoms with Gasteiger partial charge >= 0.3 is 5.97 Å². The summed E-state index contributed by atoms with van der Waals surface area (Å²) >= 11 is 0. The molecule has 0 saturated carbocycles. The highest BCUT2D eigenvalue weighted by atomic mass is 16.4. The summed E-state index contributed by atoms with van der Waals surface area (Å²) in [5.74, 6) is -0.479. The zero-order valence-electron chi connectivity index (χ0n) is 13.3. The van der Waals surface area contributed by atoms with Gasteiger partial charge in [0.05, 0.1) is 17.3 Å². The third-order valence-electron chi connectivity index (χ3n) is 3.74. The predicted molar refractivity (Wildman–Crippen MR) is 95.3 cm³/mol. The van der Waals surface area contributed by atoms with E-state index in [1.165, 1.54) is 4.57 Å². The minimum atomic E-state index is -0.983. The molecule has 0 unspecified atom stereocenters. The van der Waals surface area contributed by atoms with Crippen LogP contribution in [0, 0.1) is 0 Å². The highest BCUT2D eigenvalue weighted by molar-refractivity contribution is 5.79. The molecule has 1 aromatic heterocycles. The summed E-state index contributed by atoms with van der Waals surface area (Å²) in [5.41, 5.74) is 1.02. The Balaban J connectivity index is 2.09. The Kier molecular flexibility index (Phi) is 4.61. The average Bonchev–Trinajstić information content (AvgIpc) is 2.59. The molecule has 0 atom stereocenters. The molecule has 3 aromatic rings. The van der Waals surface area contributed by atoms with Crippen molar-refractivity contribution in [1.29, 1.82) is 0 Å². The number of aliphatic carboxylic acids is 1. The summed E-state index contributed by atoms with van der Waals surface area (Å²) < 4.78 is 1.36. The number of phenolic OH excluding ortho intramolecular Hbond substituents is 1. The zero-order valence-corrected chi connectivity index (χ0v) is 13.3. The van der Waals surface area contributed by atoms with E-state index in [0.717, 1.165) is 5.56 Å². The number of aromatic nitrogens is 2. The van der Waals surface area contributed by atoms with Crippen LogP contribution in [0.2, 0.25) is 0 Å². The Hall–Kier alpha value is -3.41. The first kappa shape index (κ1) is 16.4. The summed E-state index contributed by atoms with van der Waals surface area (Å²) in [6, 6.07) is 13.6. The normalized spacial score (nSPS) is 11.2. The van der Waals surface area contributed by atoms with E-state index >= 15 is 0 Å². The lowest BCUT2D eigenvalue weighted by Gasteiger charge is -2.10. The third kappa shape index (κ3) is 3.74. The number of phenols is 1. The molecule has 126 valence electrons. The fraction of sp³-hybridized carbons (Fsp3) is 0.105. The number of nitrogens with zero attached hydrogens (tertiary/aromatic N) is 2. The van der Waals surface area contributed by atoms with E-state index in [1.807, 2.05) is 0 Å². The summed E-state index contributed by atoms with van der Waals surface area (Å²) in [6.45, 7) is 0.0334. The van der Waals surface area contributed by atoms with E-state index in [0.29, 0.717) is 16.7 Å². The number of rotatable bonds is 5. The van der Waals surface area contributed by atoms with Crippen LogP contribution in [0.4, 0.5) is 0 Å². The van der Waals surface area contributed by atoms with Crippen LogP contribution >= 0.6 is 0 Å². The van der Waals surface area contributed by atoms with Crippen LogP contribution in [0.25, 0.3) is 23.1 Å². The van der Waals surface area contributed by atoms with Gasteiger partial charge in [0.15, 0.2) is 0 Å². The van der Waals surface area contributed by atoms with Gasteiger partial charge in [-0.2, -0.15) is 0 Å². The molecular formula is C19H16N2O4. The SMILES string of the molecule is O=C(O)CCn1c(/C=C\c2cccc(O)c2)nc2ccccc2c1=O. The molecule has 0 saturated heterocycles. The van der Waals surface area contributed by atoms with E-state index in [-0.39, 0.29) is 24.3 Å². The van der Waals surface area contributed by atoms with Crippen LogP contribution in [-0.4, -0.2) is 25.7 Å². The Bertz CT molecular complexity index is 1020. The Morgan fingerprint density at radius 3 is 2.68 bits per heavy atom. The third-order valence-corrected chi connectivity index (χ3v) is 3.74. The fourth-order valence-electron chi connectivity index (χ4n) is 2.54. The molecule has 6 heteroatoms. The number of carboxylic acids is 1. The van der Waals surface area contributed by atoms with Gasteiger partial charge in [-0.1, -0.05) is 30.3 Å². The highest BCUT2D eigenvalue weighted by Crippen LogP contribution is 2.15. The van der Waals surface area contributed by atoms with Gasteiger partial charge in [0, 0.05) is 6.54 Å². The van der Waals surface area contributed by atoms with Gasteiger partial charge in [-0.3, -0.25) is 14.2 Å². The van der Waals surface area contributed by atoms with Crippen LogP contribution in [0.3, 0.4) is 0 Å². The maximum absolute atomic E-state index is 12.7. The van der Waals surface area contributed by atoms with Crippen molar-refractivity contribution in [2.24, 2.45) is 0 Å². The van der Waals surface area contributed by atoms with E-state index in [1.54, 1.807) is 60.7 Å². The first-order valence-corrected chi connectivity index (χ1v) is 7.73. The quantitative estimate of drug-likeness (QED) is 0.747. The molecule has 0 spiro atoms. The van der Waals surface area contributed by atoms with Crippen LogP contribution < -0.4 is 5.56 Å². The molecule has 3 rings (SSSR count). The molecule has 0 aliphatic rings. The zero-order chi connectivity index (χ0) is 17.8. The minimum absolute atomic E-state index is 0.0334. The maximum Gasteiger partial charge on any atom is 0.305 e. The second-order valence-electron chi connectivity index (χ2n) is 5.52. The highest BCUT2D eigenvalue weighted by Gasteiger charge is 2.10. The van der Waals surface area contributed by atoms with Crippen LogP contribution in [-0.2, 0) is 11.3 Å². The van der Waals surface area contributed by atoms with Gasteiger partial charge in [0.2, 0.25) is 0 Å². The summed E-state index contributed by atoms with van der Waals surface area (Å²) in [6.07, 6.45) is 3.19. The second-order valence-corrected chi connectivity index (χ2v) is 5.52. The molecular weight excluding hydrogens is 320 g/mol. The monoisotopic (exact) mass is 336 g/mol.